The fourth-order valence-corrected chi connectivity index (χ4v) is 5.59. The molecular weight excluding hydrogens is 468 g/mol. The summed E-state index contributed by atoms with van der Waals surface area (Å²) in [6, 6.07) is 11.0. The number of unbranched alkanes of at least 4 members (excludes halogenated alkanes) is 1. The lowest BCUT2D eigenvalue weighted by molar-refractivity contribution is -0.143. The minimum absolute atomic E-state index is 0.173. The lowest BCUT2D eigenvalue weighted by atomic mass is 10.0. The van der Waals surface area contributed by atoms with E-state index in [4.69, 9.17) is 9.47 Å². The highest BCUT2D eigenvalue weighted by Gasteiger charge is 2.34. The summed E-state index contributed by atoms with van der Waals surface area (Å²) in [6.07, 6.45) is 3.69. The van der Waals surface area contributed by atoms with Crippen LogP contribution in [0.4, 0.5) is 0 Å². The van der Waals surface area contributed by atoms with Gasteiger partial charge in [-0.1, -0.05) is 42.9 Å². The third kappa shape index (κ3) is 5.08. The zero-order valence-electron chi connectivity index (χ0n) is 19.7. The molecule has 1 aromatic carbocycles. The molecule has 1 atom stereocenters. The first-order valence-corrected chi connectivity index (χ1v) is 13.1. The minimum atomic E-state index is -0.556. The Morgan fingerprint density at radius 1 is 1.24 bits per heavy atom. The molecule has 8 heteroatoms. The molecule has 3 aromatic rings. The Balaban J connectivity index is 1.75. The van der Waals surface area contributed by atoms with E-state index >= 15 is 0 Å². The highest BCUT2D eigenvalue weighted by Crippen LogP contribution is 2.33. The Morgan fingerprint density at radius 2 is 2.00 bits per heavy atom. The second kappa shape index (κ2) is 10.5. The van der Waals surface area contributed by atoms with E-state index in [0.29, 0.717) is 27.2 Å². The first-order valence-electron chi connectivity index (χ1n) is 11.4. The average molecular weight is 497 g/mol. The smallest absolute Gasteiger partial charge is 0.338 e. The molecule has 0 saturated heterocycles. The largest absolute Gasteiger partial charge is 0.494 e. The molecule has 3 heterocycles. The van der Waals surface area contributed by atoms with Gasteiger partial charge in [-0.15, -0.1) is 11.3 Å². The third-order valence-corrected chi connectivity index (χ3v) is 7.25. The van der Waals surface area contributed by atoms with Crippen molar-refractivity contribution in [2.24, 2.45) is 4.99 Å². The molecule has 1 aliphatic rings. The van der Waals surface area contributed by atoms with Crippen molar-refractivity contribution in [3.8, 4) is 5.75 Å². The molecule has 34 heavy (non-hydrogen) atoms. The predicted octanol–water partition coefficient (Wildman–Crippen LogP) is 4.43. The third-order valence-electron chi connectivity index (χ3n) is 5.34. The summed E-state index contributed by atoms with van der Waals surface area (Å²) in [6.45, 7) is 8.24. The minimum Gasteiger partial charge on any atom is -0.494 e. The second-order valence-electron chi connectivity index (χ2n) is 8.32. The highest BCUT2D eigenvalue weighted by atomic mass is 32.1. The maximum absolute atomic E-state index is 13.5. The Bertz CT molecular complexity index is 1360. The molecule has 2 aromatic heterocycles. The Morgan fingerprint density at radius 3 is 2.65 bits per heavy atom. The lowest BCUT2D eigenvalue weighted by Crippen LogP contribution is -2.39. The van der Waals surface area contributed by atoms with Crippen LogP contribution in [0, 0.1) is 0 Å². The van der Waals surface area contributed by atoms with Crippen LogP contribution in [0.15, 0.2) is 62.8 Å². The van der Waals surface area contributed by atoms with Crippen molar-refractivity contribution in [2.75, 3.05) is 6.61 Å². The Hall–Kier alpha value is -2.97. The quantitative estimate of drug-likeness (QED) is 0.342. The maximum atomic E-state index is 13.5. The van der Waals surface area contributed by atoms with Gasteiger partial charge in [0.25, 0.3) is 5.56 Å². The molecule has 0 spiro atoms. The van der Waals surface area contributed by atoms with Gasteiger partial charge in [0.15, 0.2) is 4.80 Å². The number of hydrogen-bond donors (Lipinski definition) is 0. The van der Waals surface area contributed by atoms with Gasteiger partial charge in [-0.2, -0.15) is 0 Å². The number of ether oxygens (including phenoxy) is 2. The maximum Gasteiger partial charge on any atom is 0.338 e. The predicted molar refractivity (Wildman–Crippen MR) is 136 cm³/mol. The first kappa shape index (κ1) is 24.2. The van der Waals surface area contributed by atoms with Crippen LogP contribution in [-0.2, 0) is 9.53 Å². The topological polar surface area (TPSA) is 69.9 Å². The molecule has 0 saturated carbocycles. The first-order chi connectivity index (χ1) is 16.4. The number of thiazole rings is 1. The van der Waals surface area contributed by atoms with Gasteiger partial charge in [-0.3, -0.25) is 9.36 Å². The average Bonchev–Trinajstić information content (AvgIpc) is 3.42. The SMILES string of the molecule is CCCCOc1ccc(/C=c2/sc3n(c2=O)[C@H](c2cccs2)C(C(=O)OC(C)C)=C(C)N=3)cc1. The van der Waals surface area contributed by atoms with Crippen LogP contribution in [0.25, 0.3) is 6.08 Å². The number of benzene rings is 1. The molecule has 178 valence electrons. The molecule has 0 unspecified atom stereocenters. The van der Waals surface area contributed by atoms with Crippen molar-refractivity contribution < 1.29 is 14.3 Å². The van der Waals surface area contributed by atoms with Gasteiger partial charge in [0.2, 0.25) is 0 Å². The number of hydrogen-bond acceptors (Lipinski definition) is 7. The van der Waals surface area contributed by atoms with Crippen LogP contribution in [0.3, 0.4) is 0 Å². The van der Waals surface area contributed by atoms with Crippen LogP contribution in [0.2, 0.25) is 0 Å². The van der Waals surface area contributed by atoms with Crippen LogP contribution in [0.5, 0.6) is 5.75 Å². The van der Waals surface area contributed by atoms with Crippen molar-refractivity contribution in [2.45, 2.75) is 52.7 Å². The van der Waals surface area contributed by atoms with Crippen LogP contribution >= 0.6 is 22.7 Å². The molecule has 6 nitrogen and oxygen atoms in total. The lowest BCUT2D eigenvalue weighted by Gasteiger charge is -2.24. The van der Waals surface area contributed by atoms with Crippen molar-refractivity contribution in [1.29, 1.82) is 0 Å². The van der Waals surface area contributed by atoms with E-state index in [-0.39, 0.29) is 11.7 Å². The van der Waals surface area contributed by atoms with Crippen LogP contribution < -0.4 is 19.6 Å². The van der Waals surface area contributed by atoms with Gasteiger partial charge >= 0.3 is 5.97 Å². The summed E-state index contributed by atoms with van der Waals surface area (Å²) in [5, 5.41) is 1.94. The van der Waals surface area contributed by atoms with E-state index in [1.54, 1.807) is 11.5 Å². The van der Waals surface area contributed by atoms with Gasteiger partial charge in [0.05, 0.1) is 28.5 Å². The number of fused-ring (bicyclic) bond motifs is 1. The van der Waals surface area contributed by atoms with Gasteiger partial charge in [0, 0.05) is 4.88 Å². The fraction of sp³-hybridized carbons (Fsp3) is 0.346. The summed E-state index contributed by atoms with van der Waals surface area (Å²) in [4.78, 5) is 32.6. The molecule has 1 aliphatic heterocycles. The number of aromatic nitrogens is 1. The molecule has 4 rings (SSSR count). The fourth-order valence-electron chi connectivity index (χ4n) is 3.72. The number of carbonyl (C=O) groups is 1. The summed E-state index contributed by atoms with van der Waals surface area (Å²) in [7, 11) is 0. The van der Waals surface area contributed by atoms with E-state index in [0.717, 1.165) is 29.0 Å². The molecule has 0 bridgehead atoms. The molecule has 0 fully saturated rings. The zero-order chi connectivity index (χ0) is 24.2. The van der Waals surface area contributed by atoms with Gasteiger partial charge in [0.1, 0.15) is 11.8 Å². The molecule has 0 N–H and O–H groups in total. The monoisotopic (exact) mass is 496 g/mol. The Kier molecular flexibility index (Phi) is 7.48. The Labute approximate surface area is 206 Å². The molecule has 0 radical (unpaired) electrons. The molecule has 0 amide bonds. The standard InChI is InChI=1S/C26H28N2O4S2/c1-5-6-13-31-19-11-9-18(10-12-19)15-21-24(29)28-23(20-8-7-14-33-20)22(25(30)32-16(2)3)17(4)27-26(28)34-21/h7-12,14-16,23H,5-6,13H2,1-4H3/b21-15+/t23-/m1/s1. The normalized spacial score (nSPS) is 15.9. The summed E-state index contributed by atoms with van der Waals surface area (Å²) in [5.74, 6) is 0.372. The number of esters is 1. The second-order valence-corrected chi connectivity index (χ2v) is 10.3. The summed E-state index contributed by atoms with van der Waals surface area (Å²) in [5.41, 5.74) is 1.71. The van der Waals surface area contributed by atoms with Gasteiger partial charge < -0.3 is 9.47 Å². The van der Waals surface area contributed by atoms with Crippen molar-refractivity contribution in [1.82, 2.24) is 4.57 Å². The number of carbonyl (C=O) groups excluding carboxylic acids is 1. The van der Waals surface area contributed by atoms with Crippen molar-refractivity contribution >= 4 is 34.7 Å². The van der Waals surface area contributed by atoms with E-state index in [2.05, 4.69) is 11.9 Å². The van der Waals surface area contributed by atoms with Crippen molar-refractivity contribution in [3.05, 3.63) is 83.2 Å². The van der Waals surface area contributed by atoms with Crippen LogP contribution in [-0.4, -0.2) is 23.2 Å². The summed E-state index contributed by atoms with van der Waals surface area (Å²) < 4.78 is 13.4. The molecule has 0 aliphatic carbocycles. The summed E-state index contributed by atoms with van der Waals surface area (Å²) >= 11 is 2.83. The zero-order valence-corrected chi connectivity index (χ0v) is 21.4. The van der Waals surface area contributed by atoms with E-state index < -0.39 is 12.0 Å². The number of thiophene rings is 1. The molecular formula is C26H28N2O4S2. The van der Waals surface area contributed by atoms with E-state index in [1.807, 2.05) is 61.7 Å². The van der Waals surface area contributed by atoms with Gasteiger partial charge in [-0.25, -0.2) is 9.79 Å². The number of nitrogens with zero attached hydrogens (tertiary/aromatic N) is 2. The van der Waals surface area contributed by atoms with Gasteiger partial charge in [-0.05, 0) is 62.4 Å². The van der Waals surface area contributed by atoms with E-state index in [1.165, 1.54) is 22.7 Å². The highest BCUT2D eigenvalue weighted by molar-refractivity contribution is 7.10. The van der Waals surface area contributed by atoms with Crippen molar-refractivity contribution in [3.63, 3.8) is 0 Å². The number of allylic oxidation sites excluding steroid dienone is 1. The van der Waals surface area contributed by atoms with Crippen LogP contribution in [0.1, 0.15) is 57.0 Å². The number of rotatable bonds is 8. The van der Waals surface area contributed by atoms with E-state index in [9.17, 15) is 9.59 Å².